The smallest absolute Gasteiger partial charge is 0.236 e. The molecule has 0 saturated carbocycles. The number of ether oxygens (including phenoxy) is 1. The van der Waals surface area contributed by atoms with E-state index in [0.29, 0.717) is 49.2 Å². The van der Waals surface area contributed by atoms with Crippen molar-refractivity contribution in [2.45, 2.75) is 12.8 Å². The van der Waals surface area contributed by atoms with Crippen LogP contribution in [0, 0.1) is 5.92 Å². The summed E-state index contributed by atoms with van der Waals surface area (Å²) in [6.07, 6.45) is 0.979. The van der Waals surface area contributed by atoms with Crippen LogP contribution in [0.25, 0.3) is 0 Å². The molecule has 0 N–H and O–H groups in total. The highest BCUT2D eigenvalue weighted by atomic mass is 35.5. The number of likely N-dealkylation sites (N-methyl/N-ethyl adjacent to an activating group) is 1. The Hall–Kier alpha value is -2.32. The maximum Gasteiger partial charge on any atom is 0.236 e. The number of anilines is 1. The molecule has 8 nitrogen and oxygen atoms in total. The summed E-state index contributed by atoms with van der Waals surface area (Å²) < 4.78 is 5.37. The van der Waals surface area contributed by atoms with Crippen LogP contribution < -0.4 is 9.64 Å². The second-order valence-corrected chi connectivity index (χ2v) is 8.40. The lowest BCUT2D eigenvalue weighted by atomic mass is 10.1. The van der Waals surface area contributed by atoms with Crippen LogP contribution in [-0.4, -0.2) is 92.9 Å². The van der Waals surface area contributed by atoms with E-state index in [-0.39, 0.29) is 24.1 Å². The number of amides is 3. The van der Waals surface area contributed by atoms with E-state index in [1.165, 1.54) is 0 Å². The number of halogens is 1. The van der Waals surface area contributed by atoms with E-state index < -0.39 is 5.92 Å². The van der Waals surface area contributed by atoms with Crippen molar-refractivity contribution >= 4 is 35.0 Å². The zero-order valence-electron chi connectivity index (χ0n) is 17.8. The van der Waals surface area contributed by atoms with Crippen molar-refractivity contribution in [2.24, 2.45) is 5.92 Å². The molecule has 0 aromatic heterocycles. The Morgan fingerprint density at radius 2 is 1.97 bits per heavy atom. The Balaban J connectivity index is 1.63. The molecule has 0 aliphatic carbocycles. The van der Waals surface area contributed by atoms with Gasteiger partial charge in [-0.05, 0) is 24.6 Å². The van der Waals surface area contributed by atoms with Crippen LogP contribution in [0.2, 0.25) is 5.02 Å². The van der Waals surface area contributed by atoms with Gasteiger partial charge in [0.2, 0.25) is 17.7 Å². The maximum absolute atomic E-state index is 13.1. The van der Waals surface area contributed by atoms with Crippen molar-refractivity contribution in [3.8, 4) is 5.75 Å². The van der Waals surface area contributed by atoms with E-state index in [9.17, 15) is 14.4 Å². The molecule has 3 rings (SSSR count). The van der Waals surface area contributed by atoms with Crippen molar-refractivity contribution in [3.05, 3.63) is 23.2 Å². The van der Waals surface area contributed by atoms with Crippen LogP contribution >= 0.6 is 11.6 Å². The average molecular weight is 437 g/mol. The minimum absolute atomic E-state index is 0.00682. The first-order valence-electron chi connectivity index (χ1n) is 10.2. The van der Waals surface area contributed by atoms with E-state index in [1.807, 2.05) is 4.90 Å². The van der Waals surface area contributed by atoms with Crippen LogP contribution in [0.3, 0.4) is 0 Å². The molecule has 2 fully saturated rings. The molecular formula is C21H29ClN4O4. The summed E-state index contributed by atoms with van der Waals surface area (Å²) in [6, 6.07) is 5.12. The van der Waals surface area contributed by atoms with Gasteiger partial charge in [0.25, 0.3) is 0 Å². The number of hydrogen-bond acceptors (Lipinski definition) is 5. The average Bonchev–Trinajstić information content (AvgIpc) is 2.95. The third kappa shape index (κ3) is 5.05. The van der Waals surface area contributed by atoms with Crippen LogP contribution in [-0.2, 0) is 14.4 Å². The second-order valence-electron chi connectivity index (χ2n) is 7.96. The third-order valence-corrected chi connectivity index (χ3v) is 5.90. The first kappa shape index (κ1) is 22.4. The lowest BCUT2D eigenvalue weighted by Gasteiger charge is -2.25. The van der Waals surface area contributed by atoms with Crippen LogP contribution in [0.5, 0.6) is 5.75 Å². The van der Waals surface area contributed by atoms with E-state index in [4.69, 9.17) is 16.3 Å². The molecule has 1 aromatic rings. The molecule has 30 heavy (non-hydrogen) atoms. The summed E-state index contributed by atoms with van der Waals surface area (Å²) in [4.78, 5) is 44.8. The quantitative estimate of drug-likeness (QED) is 0.696. The molecule has 1 unspecified atom stereocenters. The first-order valence-corrected chi connectivity index (χ1v) is 10.5. The number of methoxy groups -OCH3 is 1. The predicted molar refractivity (Wildman–Crippen MR) is 115 cm³/mol. The lowest BCUT2D eigenvalue weighted by Crippen LogP contribution is -2.41. The number of carbonyl (C=O) groups excluding carboxylic acids is 3. The largest absolute Gasteiger partial charge is 0.495 e. The fourth-order valence-corrected chi connectivity index (χ4v) is 4.09. The molecule has 1 aromatic carbocycles. The fraction of sp³-hybridized carbons (Fsp3) is 0.571. The minimum atomic E-state index is -0.392. The number of rotatable bonds is 5. The number of nitrogens with zero attached hydrogens (tertiary/aromatic N) is 4. The van der Waals surface area contributed by atoms with Crippen molar-refractivity contribution in [1.29, 1.82) is 0 Å². The van der Waals surface area contributed by atoms with E-state index in [0.717, 1.165) is 13.0 Å². The molecule has 9 heteroatoms. The van der Waals surface area contributed by atoms with Gasteiger partial charge in [-0.2, -0.15) is 0 Å². The lowest BCUT2D eigenvalue weighted by molar-refractivity contribution is -0.135. The Morgan fingerprint density at radius 1 is 1.20 bits per heavy atom. The normalized spacial score (nSPS) is 20.3. The van der Waals surface area contributed by atoms with E-state index in [2.05, 4.69) is 4.90 Å². The van der Waals surface area contributed by atoms with Crippen molar-refractivity contribution in [3.63, 3.8) is 0 Å². The van der Waals surface area contributed by atoms with Crippen LogP contribution in [0.1, 0.15) is 12.8 Å². The highest BCUT2D eigenvalue weighted by molar-refractivity contribution is 6.31. The van der Waals surface area contributed by atoms with Gasteiger partial charge in [0.15, 0.2) is 0 Å². The molecule has 164 valence electrons. The summed E-state index contributed by atoms with van der Waals surface area (Å²) >= 11 is 6.11. The molecule has 0 radical (unpaired) electrons. The van der Waals surface area contributed by atoms with Gasteiger partial charge in [-0.3, -0.25) is 19.3 Å². The summed E-state index contributed by atoms with van der Waals surface area (Å²) in [5.41, 5.74) is 0.592. The fourth-order valence-electron chi connectivity index (χ4n) is 3.92. The molecule has 1 atom stereocenters. The Bertz CT molecular complexity index is 816. The summed E-state index contributed by atoms with van der Waals surface area (Å²) in [5.74, 6) is 0.102. The highest BCUT2D eigenvalue weighted by Crippen LogP contribution is 2.35. The maximum atomic E-state index is 13.1. The third-order valence-electron chi connectivity index (χ3n) is 5.66. The minimum Gasteiger partial charge on any atom is -0.495 e. The van der Waals surface area contributed by atoms with Crippen molar-refractivity contribution in [1.82, 2.24) is 14.7 Å². The van der Waals surface area contributed by atoms with Gasteiger partial charge in [0.05, 0.1) is 25.3 Å². The molecule has 0 spiro atoms. The molecule has 3 amide bonds. The molecule has 0 bridgehead atoms. The monoisotopic (exact) mass is 436 g/mol. The second kappa shape index (κ2) is 9.66. The standard InChI is InChI=1S/C21H29ClN4O4/c1-23(2)20(28)14-24-7-4-8-25(10-9-24)21(29)15-11-19(27)26(13-15)17-12-16(22)5-6-18(17)30-3/h5-6,12,15H,4,7-11,13-14H2,1-3H3. The van der Waals surface area contributed by atoms with Gasteiger partial charge in [0.1, 0.15) is 5.75 Å². The Morgan fingerprint density at radius 3 is 2.67 bits per heavy atom. The zero-order chi connectivity index (χ0) is 21.8. The van der Waals surface area contributed by atoms with Gasteiger partial charge in [0, 0.05) is 58.3 Å². The number of carbonyl (C=O) groups is 3. The predicted octanol–water partition coefficient (Wildman–Crippen LogP) is 1.32. The Kier molecular flexibility index (Phi) is 7.20. The van der Waals surface area contributed by atoms with Gasteiger partial charge >= 0.3 is 0 Å². The van der Waals surface area contributed by atoms with Crippen LogP contribution in [0.15, 0.2) is 18.2 Å². The molecule has 2 saturated heterocycles. The topological polar surface area (TPSA) is 73.4 Å². The summed E-state index contributed by atoms with van der Waals surface area (Å²) in [6.45, 7) is 3.30. The highest BCUT2D eigenvalue weighted by Gasteiger charge is 2.38. The van der Waals surface area contributed by atoms with Gasteiger partial charge in [-0.15, -0.1) is 0 Å². The number of benzene rings is 1. The van der Waals surface area contributed by atoms with Crippen LogP contribution in [0.4, 0.5) is 5.69 Å². The van der Waals surface area contributed by atoms with Gasteiger partial charge in [-0.1, -0.05) is 11.6 Å². The zero-order valence-corrected chi connectivity index (χ0v) is 18.5. The molecule has 2 heterocycles. The Labute approximate surface area is 182 Å². The van der Waals surface area contributed by atoms with E-state index in [1.54, 1.807) is 49.2 Å². The van der Waals surface area contributed by atoms with Gasteiger partial charge < -0.3 is 19.4 Å². The molecule has 2 aliphatic heterocycles. The summed E-state index contributed by atoms with van der Waals surface area (Å²) in [5, 5.41) is 0.508. The van der Waals surface area contributed by atoms with Crippen molar-refractivity contribution < 1.29 is 19.1 Å². The van der Waals surface area contributed by atoms with Gasteiger partial charge in [-0.25, -0.2) is 0 Å². The molecule has 2 aliphatic rings. The number of hydrogen-bond donors (Lipinski definition) is 0. The SMILES string of the molecule is COc1ccc(Cl)cc1N1CC(C(=O)N2CCCN(CC(=O)N(C)C)CC2)CC1=O. The van der Waals surface area contributed by atoms with E-state index >= 15 is 0 Å². The molecular weight excluding hydrogens is 408 g/mol. The van der Waals surface area contributed by atoms with Crippen molar-refractivity contribution in [2.75, 3.05) is 65.4 Å². The first-order chi connectivity index (χ1) is 14.3. The summed E-state index contributed by atoms with van der Waals surface area (Å²) in [7, 11) is 5.03.